The van der Waals surface area contributed by atoms with E-state index in [-0.39, 0.29) is 6.10 Å². The molecule has 0 saturated heterocycles. The first-order valence-electron chi connectivity index (χ1n) is 5.84. The molecule has 1 fully saturated rings. The fourth-order valence-electron chi connectivity index (χ4n) is 3.04. The Morgan fingerprint density at radius 3 is 2.33 bits per heavy atom. The molecule has 2 unspecified atom stereocenters. The lowest BCUT2D eigenvalue weighted by Gasteiger charge is -2.47. The molecule has 86 valence electrons. The van der Waals surface area contributed by atoms with E-state index in [9.17, 15) is 0 Å². The SMILES string of the molecule is CC(C)C1(C)CC(OC#N)CC(C)(C)C1. The van der Waals surface area contributed by atoms with Gasteiger partial charge in [0, 0.05) is 0 Å². The fourth-order valence-corrected chi connectivity index (χ4v) is 3.04. The smallest absolute Gasteiger partial charge is 0.286 e. The quantitative estimate of drug-likeness (QED) is 0.649. The van der Waals surface area contributed by atoms with Gasteiger partial charge in [-0.1, -0.05) is 34.6 Å². The zero-order valence-corrected chi connectivity index (χ0v) is 10.6. The Labute approximate surface area is 93.6 Å². The summed E-state index contributed by atoms with van der Waals surface area (Å²) in [6.07, 6.45) is 5.21. The van der Waals surface area contributed by atoms with Gasteiger partial charge in [0.1, 0.15) is 6.10 Å². The van der Waals surface area contributed by atoms with E-state index in [0.717, 1.165) is 12.8 Å². The van der Waals surface area contributed by atoms with Crippen LogP contribution in [0.3, 0.4) is 0 Å². The zero-order chi connectivity index (χ0) is 11.7. The maximum absolute atomic E-state index is 8.63. The Balaban J connectivity index is 2.81. The summed E-state index contributed by atoms with van der Waals surface area (Å²) in [6, 6.07) is 0. The molecule has 0 bridgehead atoms. The van der Waals surface area contributed by atoms with E-state index >= 15 is 0 Å². The van der Waals surface area contributed by atoms with E-state index in [1.54, 1.807) is 0 Å². The van der Waals surface area contributed by atoms with Gasteiger partial charge in [-0.25, -0.2) is 0 Å². The molecule has 0 heterocycles. The van der Waals surface area contributed by atoms with Crippen molar-refractivity contribution >= 4 is 0 Å². The highest BCUT2D eigenvalue weighted by molar-refractivity contribution is 4.94. The van der Waals surface area contributed by atoms with Gasteiger partial charge in [-0.2, -0.15) is 5.26 Å². The molecule has 0 aliphatic heterocycles. The zero-order valence-electron chi connectivity index (χ0n) is 10.6. The first-order valence-corrected chi connectivity index (χ1v) is 5.84. The highest BCUT2D eigenvalue weighted by atomic mass is 16.5. The van der Waals surface area contributed by atoms with Crippen LogP contribution in [0, 0.1) is 28.3 Å². The van der Waals surface area contributed by atoms with Crippen LogP contribution in [0.1, 0.15) is 53.9 Å². The molecule has 0 amide bonds. The summed E-state index contributed by atoms with van der Waals surface area (Å²) < 4.78 is 5.17. The third-order valence-corrected chi connectivity index (χ3v) is 3.97. The minimum absolute atomic E-state index is 0.117. The predicted octanol–water partition coefficient (Wildman–Crippen LogP) is 3.73. The molecule has 0 radical (unpaired) electrons. The Hall–Kier alpha value is -0.710. The summed E-state index contributed by atoms with van der Waals surface area (Å²) in [6.45, 7) is 11.4. The Morgan fingerprint density at radius 2 is 1.87 bits per heavy atom. The van der Waals surface area contributed by atoms with Crippen LogP contribution in [0.25, 0.3) is 0 Å². The maximum atomic E-state index is 8.63. The summed E-state index contributed by atoms with van der Waals surface area (Å²) in [5, 5.41) is 8.63. The molecule has 0 aromatic carbocycles. The number of rotatable bonds is 2. The topological polar surface area (TPSA) is 33.0 Å². The number of ether oxygens (including phenoxy) is 1. The van der Waals surface area contributed by atoms with Gasteiger partial charge in [0.25, 0.3) is 6.26 Å². The third-order valence-electron chi connectivity index (χ3n) is 3.97. The first-order chi connectivity index (χ1) is 6.79. The summed E-state index contributed by atoms with van der Waals surface area (Å²) in [5.41, 5.74) is 0.599. The van der Waals surface area contributed by atoms with Crippen LogP contribution in [0.5, 0.6) is 0 Å². The Kier molecular flexibility index (Phi) is 3.33. The molecular formula is C13H23NO. The maximum Gasteiger partial charge on any atom is 0.286 e. The lowest BCUT2D eigenvalue weighted by Crippen LogP contribution is -2.41. The van der Waals surface area contributed by atoms with Gasteiger partial charge in [-0.3, -0.25) is 0 Å². The van der Waals surface area contributed by atoms with Crippen molar-refractivity contribution in [2.45, 2.75) is 60.0 Å². The largest absolute Gasteiger partial charge is 0.424 e. The van der Waals surface area contributed by atoms with Gasteiger partial charge in [0.15, 0.2) is 0 Å². The second kappa shape index (κ2) is 4.04. The van der Waals surface area contributed by atoms with Crippen LogP contribution in [0.2, 0.25) is 0 Å². The van der Waals surface area contributed by atoms with Crippen molar-refractivity contribution in [3.8, 4) is 6.26 Å². The minimum atomic E-state index is 0.117. The lowest BCUT2D eigenvalue weighted by molar-refractivity contribution is -0.0326. The van der Waals surface area contributed by atoms with Gasteiger partial charge in [-0.05, 0) is 36.0 Å². The van der Waals surface area contributed by atoms with Crippen molar-refractivity contribution in [1.29, 1.82) is 5.26 Å². The van der Waals surface area contributed by atoms with Crippen LogP contribution < -0.4 is 0 Å². The third kappa shape index (κ3) is 2.87. The van der Waals surface area contributed by atoms with Gasteiger partial charge >= 0.3 is 0 Å². The normalized spacial score (nSPS) is 34.9. The Morgan fingerprint density at radius 1 is 1.27 bits per heavy atom. The molecule has 2 atom stereocenters. The molecule has 1 aliphatic rings. The lowest BCUT2D eigenvalue weighted by atomic mass is 9.59. The van der Waals surface area contributed by atoms with Crippen molar-refractivity contribution in [1.82, 2.24) is 0 Å². The van der Waals surface area contributed by atoms with Gasteiger partial charge in [0.2, 0.25) is 0 Å². The van der Waals surface area contributed by atoms with Crippen molar-refractivity contribution in [2.24, 2.45) is 16.7 Å². The highest BCUT2D eigenvalue weighted by Crippen LogP contribution is 2.50. The molecule has 0 aromatic heterocycles. The summed E-state index contributed by atoms with van der Waals surface area (Å²) in [7, 11) is 0. The molecule has 1 aliphatic carbocycles. The molecule has 1 rings (SSSR count). The van der Waals surface area contributed by atoms with Crippen molar-refractivity contribution in [3.63, 3.8) is 0 Å². The average molecular weight is 209 g/mol. The van der Waals surface area contributed by atoms with Crippen LogP contribution >= 0.6 is 0 Å². The van der Waals surface area contributed by atoms with Gasteiger partial charge in [0.05, 0.1) is 0 Å². The molecule has 15 heavy (non-hydrogen) atoms. The van der Waals surface area contributed by atoms with E-state index in [1.165, 1.54) is 6.42 Å². The van der Waals surface area contributed by atoms with E-state index in [1.807, 2.05) is 6.26 Å². The van der Waals surface area contributed by atoms with Crippen LogP contribution in [0.4, 0.5) is 0 Å². The summed E-state index contributed by atoms with van der Waals surface area (Å²) in [4.78, 5) is 0. The monoisotopic (exact) mass is 209 g/mol. The van der Waals surface area contributed by atoms with Gasteiger partial charge < -0.3 is 4.74 Å². The standard InChI is InChI=1S/C13H23NO/c1-10(2)13(5)7-11(15-9-14)6-12(3,4)8-13/h10-11H,6-8H2,1-5H3. The Bertz CT molecular complexity index is 264. The fraction of sp³-hybridized carbons (Fsp3) is 0.923. The molecular weight excluding hydrogens is 186 g/mol. The minimum Gasteiger partial charge on any atom is -0.424 e. The van der Waals surface area contributed by atoms with Crippen molar-refractivity contribution in [2.75, 3.05) is 0 Å². The first kappa shape index (κ1) is 12.4. The van der Waals surface area contributed by atoms with Crippen LogP contribution in [0.15, 0.2) is 0 Å². The van der Waals surface area contributed by atoms with Crippen LogP contribution in [-0.4, -0.2) is 6.10 Å². The van der Waals surface area contributed by atoms with E-state index in [4.69, 9.17) is 10.00 Å². The number of hydrogen-bond acceptors (Lipinski definition) is 2. The summed E-state index contributed by atoms with van der Waals surface area (Å²) >= 11 is 0. The molecule has 2 nitrogen and oxygen atoms in total. The van der Waals surface area contributed by atoms with E-state index in [2.05, 4.69) is 34.6 Å². The van der Waals surface area contributed by atoms with Gasteiger partial charge in [-0.15, -0.1) is 0 Å². The van der Waals surface area contributed by atoms with E-state index < -0.39 is 0 Å². The van der Waals surface area contributed by atoms with Crippen molar-refractivity contribution in [3.05, 3.63) is 0 Å². The predicted molar refractivity (Wildman–Crippen MR) is 61.1 cm³/mol. The summed E-state index contributed by atoms with van der Waals surface area (Å²) in [5.74, 6) is 0.641. The molecule has 0 spiro atoms. The molecule has 2 heteroatoms. The molecule has 0 aromatic rings. The van der Waals surface area contributed by atoms with E-state index in [0.29, 0.717) is 16.7 Å². The van der Waals surface area contributed by atoms with Crippen LogP contribution in [-0.2, 0) is 4.74 Å². The second-order valence-corrected chi connectivity index (χ2v) is 6.39. The number of nitriles is 1. The molecule has 0 N–H and O–H groups in total. The highest BCUT2D eigenvalue weighted by Gasteiger charge is 2.43. The van der Waals surface area contributed by atoms with Crippen molar-refractivity contribution < 1.29 is 4.74 Å². The second-order valence-electron chi connectivity index (χ2n) is 6.39. The number of hydrogen-bond donors (Lipinski definition) is 0. The number of nitrogens with zero attached hydrogens (tertiary/aromatic N) is 1. The average Bonchev–Trinajstić information content (AvgIpc) is 2.00. The molecule has 1 saturated carbocycles.